The first-order valence-corrected chi connectivity index (χ1v) is 2.46. The summed E-state index contributed by atoms with van der Waals surface area (Å²) in [6, 6.07) is 0. The molecule has 1 nitrogen and oxygen atoms in total. The predicted molar refractivity (Wildman–Crippen MR) is 35.2 cm³/mol. The Morgan fingerprint density at radius 1 is 1.38 bits per heavy atom. The molecule has 0 saturated carbocycles. The topological polar surface area (TPSA) is 9.23 Å². The lowest BCUT2D eigenvalue weighted by Gasteiger charge is -1.82. The van der Waals surface area contributed by atoms with Crippen LogP contribution in [0.25, 0.3) is 0 Å². The molecule has 0 saturated heterocycles. The van der Waals surface area contributed by atoms with Crippen molar-refractivity contribution >= 4 is 0 Å². The van der Waals surface area contributed by atoms with Crippen molar-refractivity contribution < 1.29 is 4.74 Å². The Morgan fingerprint density at radius 2 is 2.12 bits per heavy atom. The van der Waals surface area contributed by atoms with Crippen molar-refractivity contribution in [2.75, 3.05) is 0 Å². The maximum atomic E-state index is 4.79. The predicted octanol–water partition coefficient (Wildman–Crippen LogP) is 2.24. The highest BCUT2D eigenvalue weighted by molar-refractivity contribution is 4.93. The number of hydrogen-bond acceptors (Lipinski definition) is 1. The molecule has 0 fully saturated rings. The van der Waals surface area contributed by atoms with Crippen LogP contribution in [0, 0.1) is 0 Å². The Kier molecular flexibility index (Phi) is 5.28. The summed E-state index contributed by atoms with van der Waals surface area (Å²) in [5, 5.41) is 0. The van der Waals surface area contributed by atoms with Crippen molar-refractivity contribution in [3.05, 3.63) is 37.3 Å². The Labute approximate surface area is 50.0 Å². The van der Waals surface area contributed by atoms with Crippen molar-refractivity contribution in [2.24, 2.45) is 0 Å². The molecular formula is C7H10O. The van der Waals surface area contributed by atoms with Crippen LogP contribution < -0.4 is 0 Å². The summed E-state index contributed by atoms with van der Waals surface area (Å²) in [5.41, 5.74) is 0. The quantitative estimate of drug-likeness (QED) is 0.400. The highest BCUT2D eigenvalue weighted by Crippen LogP contribution is 1.78. The maximum absolute atomic E-state index is 4.79. The average Bonchev–Trinajstić information content (AvgIpc) is 1.81. The highest BCUT2D eigenvalue weighted by Gasteiger charge is 1.59. The van der Waals surface area contributed by atoms with Gasteiger partial charge in [-0.25, -0.2) is 0 Å². The zero-order chi connectivity index (χ0) is 6.24. The first-order valence-electron chi connectivity index (χ1n) is 2.46. The molecule has 44 valence electrons. The SMILES string of the molecule is C=C/C=C/O/C=C/C. The molecular weight excluding hydrogens is 100 g/mol. The van der Waals surface area contributed by atoms with E-state index in [0.29, 0.717) is 0 Å². The summed E-state index contributed by atoms with van der Waals surface area (Å²) in [7, 11) is 0. The van der Waals surface area contributed by atoms with Crippen molar-refractivity contribution in [1.29, 1.82) is 0 Å². The fraction of sp³-hybridized carbons (Fsp3) is 0.143. The van der Waals surface area contributed by atoms with Gasteiger partial charge in [0.1, 0.15) is 0 Å². The maximum Gasteiger partial charge on any atom is 0.0901 e. The summed E-state index contributed by atoms with van der Waals surface area (Å²) in [5.74, 6) is 0. The molecule has 0 bridgehead atoms. The van der Waals surface area contributed by atoms with Crippen molar-refractivity contribution in [3.8, 4) is 0 Å². The van der Waals surface area contributed by atoms with Crippen LogP contribution in [-0.2, 0) is 4.74 Å². The van der Waals surface area contributed by atoms with E-state index in [4.69, 9.17) is 4.74 Å². The van der Waals surface area contributed by atoms with Gasteiger partial charge < -0.3 is 4.74 Å². The molecule has 0 N–H and O–H groups in total. The third kappa shape index (κ3) is 5.02. The van der Waals surface area contributed by atoms with Gasteiger partial charge in [0.25, 0.3) is 0 Å². The van der Waals surface area contributed by atoms with Crippen LogP contribution in [0.5, 0.6) is 0 Å². The summed E-state index contributed by atoms with van der Waals surface area (Å²) < 4.78 is 4.79. The van der Waals surface area contributed by atoms with E-state index in [1.54, 1.807) is 24.7 Å². The standard InChI is InChI=1S/C7H10O/c1-3-5-7-8-6-4-2/h3-7H,1H2,2H3/b6-4+,7-5+. The smallest absolute Gasteiger partial charge is 0.0901 e. The van der Waals surface area contributed by atoms with Gasteiger partial charge in [-0.05, 0) is 13.0 Å². The first-order chi connectivity index (χ1) is 3.91. The molecule has 0 aromatic rings. The van der Waals surface area contributed by atoms with Gasteiger partial charge in [-0.3, -0.25) is 0 Å². The summed E-state index contributed by atoms with van der Waals surface area (Å²) in [6.45, 7) is 5.36. The van der Waals surface area contributed by atoms with E-state index in [1.807, 2.05) is 13.0 Å². The fourth-order valence-corrected chi connectivity index (χ4v) is 0.225. The van der Waals surface area contributed by atoms with Gasteiger partial charge in [0.05, 0.1) is 12.5 Å². The van der Waals surface area contributed by atoms with Gasteiger partial charge in [0.15, 0.2) is 0 Å². The number of allylic oxidation sites excluding steroid dienone is 3. The molecule has 0 atom stereocenters. The van der Waals surface area contributed by atoms with Crippen LogP contribution in [0.3, 0.4) is 0 Å². The van der Waals surface area contributed by atoms with Gasteiger partial charge in [-0.2, -0.15) is 0 Å². The Bertz CT molecular complexity index is 101. The van der Waals surface area contributed by atoms with Crippen LogP contribution in [0.15, 0.2) is 37.3 Å². The third-order valence-corrected chi connectivity index (χ3v) is 0.508. The van der Waals surface area contributed by atoms with Gasteiger partial charge in [0, 0.05) is 0 Å². The molecule has 0 aliphatic carbocycles. The number of rotatable bonds is 3. The molecule has 0 aromatic heterocycles. The van der Waals surface area contributed by atoms with Crippen LogP contribution in [-0.4, -0.2) is 0 Å². The van der Waals surface area contributed by atoms with E-state index < -0.39 is 0 Å². The van der Waals surface area contributed by atoms with E-state index in [0.717, 1.165) is 0 Å². The Balaban J connectivity index is 3.15. The van der Waals surface area contributed by atoms with E-state index in [1.165, 1.54) is 0 Å². The lowest BCUT2D eigenvalue weighted by molar-refractivity contribution is 0.402. The molecule has 0 heterocycles. The third-order valence-electron chi connectivity index (χ3n) is 0.508. The molecule has 0 spiro atoms. The average molecular weight is 110 g/mol. The number of ether oxygens (including phenoxy) is 1. The lowest BCUT2D eigenvalue weighted by atomic mass is 10.6. The second kappa shape index (κ2) is 6.02. The lowest BCUT2D eigenvalue weighted by Crippen LogP contribution is -1.60. The van der Waals surface area contributed by atoms with E-state index >= 15 is 0 Å². The summed E-state index contributed by atoms with van der Waals surface area (Å²) >= 11 is 0. The van der Waals surface area contributed by atoms with Crippen molar-refractivity contribution in [1.82, 2.24) is 0 Å². The summed E-state index contributed by atoms with van der Waals surface area (Å²) in [4.78, 5) is 0. The van der Waals surface area contributed by atoms with Crippen LogP contribution in [0.2, 0.25) is 0 Å². The van der Waals surface area contributed by atoms with Crippen LogP contribution >= 0.6 is 0 Å². The van der Waals surface area contributed by atoms with Gasteiger partial charge >= 0.3 is 0 Å². The molecule has 0 amide bonds. The molecule has 0 aromatic carbocycles. The molecule has 0 aliphatic rings. The van der Waals surface area contributed by atoms with Crippen molar-refractivity contribution in [3.63, 3.8) is 0 Å². The molecule has 0 rings (SSSR count). The molecule has 0 radical (unpaired) electrons. The zero-order valence-corrected chi connectivity index (χ0v) is 5.00. The fourth-order valence-electron chi connectivity index (χ4n) is 0.225. The van der Waals surface area contributed by atoms with Gasteiger partial charge in [-0.15, -0.1) is 0 Å². The Morgan fingerprint density at radius 3 is 2.62 bits per heavy atom. The van der Waals surface area contributed by atoms with Gasteiger partial charge in [-0.1, -0.05) is 18.7 Å². The van der Waals surface area contributed by atoms with Crippen LogP contribution in [0.1, 0.15) is 6.92 Å². The Hall–Kier alpha value is -0.980. The van der Waals surface area contributed by atoms with Gasteiger partial charge in [0.2, 0.25) is 0 Å². The molecule has 0 unspecified atom stereocenters. The molecule has 0 aliphatic heterocycles. The van der Waals surface area contributed by atoms with E-state index in [9.17, 15) is 0 Å². The van der Waals surface area contributed by atoms with E-state index in [-0.39, 0.29) is 0 Å². The largest absolute Gasteiger partial charge is 0.473 e. The normalized spacial score (nSPS) is 10.6. The molecule has 1 heteroatoms. The zero-order valence-electron chi connectivity index (χ0n) is 5.00. The monoisotopic (exact) mass is 110 g/mol. The number of hydrogen-bond donors (Lipinski definition) is 0. The minimum absolute atomic E-state index is 1.56. The first kappa shape index (κ1) is 7.02. The minimum Gasteiger partial charge on any atom is -0.473 e. The van der Waals surface area contributed by atoms with Crippen molar-refractivity contribution in [2.45, 2.75) is 6.92 Å². The minimum atomic E-state index is 1.56. The second-order valence-corrected chi connectivity index (χ2v) is 1.17. The van der Waals surface area contributed by atoms with Crippen LogP contribution in [0.4, 0.5) is 0 Å². The summed E-state index contributed by atoms with van der Waals surface area (Å²) in [6.07, 6.45) is 8.35. The second-order valence-electron chi connectivity index (χ2n) is 1.17. The van der Waals surface area contributed by atoms with E-state index in [2.05, 4.69) is 6.58 Å². The molecule has 8 heavy (non-hydrogen) atoms. The highest BCUT2D eigenvalue weighted by atomic mass is 16.5.